The van der Waals surface area contributed by atoms with Crippen molar-refractivity contribution >= 4 is 43.7 Å². The van der Waals surface area contributed by atoms with E-state index < -0.39 is 23.9 Å². The number of nitriles is 1. The van der Waals surface area contributed by atoms with Crippen molar-refractivity contribution in [3.05, 3.63) is 8.96 Å². The summed E-state index contributed by atoms with van der Waals surface area (Å²) in [6.45, 7) is 0. The van der Waals surface area contributed by atoms with Crippen LogP contribution in [0.3, 0.4) is 0 Å². The minimum absolute atomic E-state index is 0.170. The summed E-state index contributed by atoms with van der Waals surface area (Å²) in [5.74, 6) is -2.63. The van der Waals surface area contributed by atoms with Crippen molar-refractivity contribution in [2.24, 2.45) is 11.7 Å². The quantitative estimate of drug-likeness (QED) is 0.750. The summed E-state index contributed by atoms with van der Waals surface area (Å²) in [6.07, 6.45) is -0.945. The molecule has 1 heterocycles. The lowest BCUT2D eigenvalue weighted by Gasteiger charge is -2.12. The van der Waals surface area contributed by atoms with Crippen LogP contribution in [0.1, 0.15) is 0 Å². The summed E-state index contributed by atoms with van der Waals surface area (Å²) in [6, 6.07) is 1.68. The van der Waals surface area contributed by atoms with E-state index in [1.165, 1.54) is 0 Å². The predicted octanol–water partition coefficient (Wildman–Crippen LogP) is 0.538. The molecule has 0 bridgehead atoms. The molecule has 0 aromatic rings. The topological polar surface area (TPSA) is 93.2 Å². The summed E-state index contributed by atoms with van der Waals surface area (Å²) in [7, 11) is 0. The highest BCUT2D eigenvalue weighted by Crippen LogP contribution is 2.34. The second-order valence-electron chi connectivity index (χ2n) is 2.50. The molecule has 2 N–H and O–H groups in total. The number of carbonyl (C=O) groups is 2. The monoisotopic (exact) mass is 322 g/mol. The molecule has 7 heteroatoms. The van der Waals surface area contributed by atoms with Crippen LogP contribution in [-0.2, 0) is 14.3 Å². The van der Waals surface area contributed by atoms with Gasteiger partial charge in [-0.05, 0) is 31.9 Å². The molecule has 0 aliphatic carbocycles. The Morgan fingerprint density at radius 3 is 2.50 bits per heavy atom. The van der Waals surface area contributed by atoms with Gasteiger partial charge in [-0.2, -0.15) is 5.26 Å². The summed E-state index contributed by atoms with van der Waals surface area (Å²) >= 11 is 6.00. The number of nitrogens with zero attached hydrogens (tertiary/aromatic N) is 1. The van der Waals surface area contributed by atoms with Crippen molar-refractivity contribution in [3.8, 4) is 6.07 Å². The summed E-state index contributed by atoms with van der Waals surface area (Å²) in [5, 5.41) is 8.65. The zero-order valence-corrected chi connectivity index (χ0v) is 9.83. The van der Waals surface area contributed by atoms with Crippen LogP contribution in [0.15, 0.2) is 8.96 Å². The van der Waals surface area contributed by atoms with E-state index in [1.54, 1.807) is 6.07 Å². The Morgan fingerprint density at radius 2 is 2.21 bits per heavy atom. The Labute approximate surface area is 96.1 Å². The van der Waals surface area contributed by atoms with Crippen molar-refractivity contribution in [3.63, 3.8) is 0 Å². The van der Waals surface area contributed by atoms with Crippen LogP contribution < -0.4 is 5.73 Å². The fourth-order valence-electron chi connectivity index (χ4n) is 0.936. The number of carbonyl (C=O) groups excluding carboxylic acids is 2. The first-order chi connectivity index (χ1) is 6.49. The zero-order chi connectivity index (χ0) is 10.9. The van der Waals surface area contributed by atoms with Gasteiger partial charge >= 0.3 is 5.97 Å². The largest absolute Gasteiger partial charge is 0.451 e. The van der Waals surface area contributed by atoms with Gasteiger partial charge in [0.25, 0.3) is 0 Å². The SMILES string of the molecule is N#C[C@H](C(N)=O)[C@H]1OC(=O)C(Br)=C1Br. The molecule has 0 aromatic carbocycles. The first-order valence-corrected chi connectivity index (χ1v) is 5.02. The van der Waals surface area contributed by atoms with E-state index in [1.807, 2.05) is 0 Å². The van der Waals surface area contributed by atoms with Gasteiger partial charge in [0.15, 0.2) is 12.0 Å². The van der Waals surface area contributed by atoms with Gasteiger partial charge in [-0.15, -0.1) is 0 Å². The van der Waals surface area contributed by atoms with Crippen molar-refractivity contribution < 1.29 is 14.3 Å². The lowest BCUT2D eigenvalue weighted by molar-refractivity contribution is -0.141. The third-order valence-corrected chi connectivity index (χ3v) is 3.75. The minimum atomic E-state index is -1.18. The van der Waals surface area contributed by atoms with Gasteiger partial charge < -0.3 is 10.5 Å². The Balaban J connectivity index is 2.99. The van der Waals surface area contributed by atoms with Crippen molar-refractivity contribution in [1.82, 2.24) is 0 Å². The first kappa shape index (κ1) is 11.2. The molecule has 2 atom stereocenters. The smallest absolute Gasteiger partial charge is 0.346 e. The number of rotatable bonds is 2. The van der Waals surface area contributed by atoms with Gasteiger partial charge in [0.05, 0.1) is 10.6 Å². The van der Waals surface area contributed by atoms with E-state index in [9.17, 15) is 9.59 Å². The van der Waals surface area contributed by atoms with Crippen LogP contribution in [0, 0.1) is 17.2 Å². The van der Waals surface area contributed by atoms with E-state index >= 15 is 0 Å². The molecule has 1 aliphatic heterocycles. The Bertz CT molecular complexity index is 372. The lowest BCUT2D eigenvalue weighted by Crippen LogP contribution is -2.33. The summed E-state index contributed by atoms with van der Waals surface area (Å²) in [4.78, 5) is 21.8. The molecule has 0 saturated carbocycles. The maximum Gasteiger partial charge on any atom is 0.346 e. The second kappa shape index (κ2) is 4.11. The molecule has 1 aliphatic rings. The molecule has 5 nitrogen and oxygen atoms in total. The van der Waals surface area contributed by atoms with Crippen molar-refractivity contribution in [2.75, 3.05) is 0 Å². The molecule has 0 radical (unpaired) electrons. The number of primary amides is 1. The molecule has 0 saturated heterocycles. The molecule has 0 unspecified atom stereocenters. The second-order valence-corrected chi connectivity index (χ2v) is 4.14. The third-order valence-electron chi connectivity index (χ3n) is 1.62. The molecule has 0 fully saturated rings. The zero-order valence-electron chi connectivity index (χ0n) is 6.66. The van der Waals surface area contributed by atoms with E-state index in [0.717, 1.165) is 0 Å². The summed E-state index contributed by atoms with van der Waals surface area (Å²) < 4.78 is 5.27. The summed E-state index contributed by atoms with van der Waals surface area (Å²) in [5.41, 5.74) is 4.97. The molecule has 74 valence electrons. The van der Waals surface area contributed by atoms with Gasteiger partial charge in [-0.1, -0.05) is 0 Å². The number of esters is 1. The standard InChI is InChI=1S/C7H4Br2N2O3/c8-3-4(9)7(13)14-5(3)2(1-10)6(11)12/h2,5H,(H2,11,12)/t2-,5+/m0/s1. The molecule has 0 aromatic heterocycles. The number of hydrogen-bond donors (Lipinski definition) is 1. The van der Waals surface area contributed by atoms with E-state index in [-0.39, 0.29) is 4.48 Å². The average molecular weight is 324 g/mol. The fraction of sp³-hybridized carbons (Fsp3) is 0.286. The number of nitrogens with two attached hydrogens (primary N) is 1. The number of amides is 1. The fourth-order valence-corrected chi connectivity index (χ4v) is 1.77. The average Bonchev–Trinajstić information content (AvgIpc) is 2.35. The number of hydrogen-bond acceptors (Lipinski definition) is 4. The van der Waals surface area contributed by atoms with Gasteiger partial charge in [-0.25, -0.2) is 4.79 Å². The Kier molecular flexibility index (Phi) is 3.29. The van der Waals surface area contributed by atoms with Gasteiger partial charge in [0.1, 0.15) is 4.48 Å². The van der Waals surface area contributed by atoms with Crippen LogP contribution in [-0.4, -0.2) is 18.0 Å². The lowest BCUT2D eigenvalue weighted by atomic mass is 10.0. The van der Waals surface area contributed by atoms with Gasteiger partial charge in [-0.3, -0.25) is 4.79 Å². The van der Waals surface area contributed by atoms with Gasteiger partial charge in [0.2, 0.25) is 5.91 Å². The molecule has 14 heavy (non-hydrogen) atoms. The molecular weight excluding hydrogens is 320 g/mol. The maximum absolute atomic E-state index is 11.0. The minimum Gasteiger partial charge on any atom is -0.451 e. The van der Waals surface area contributed by atoms with Crippen molar-refractivity contribution in [2.45, 2.75) is 6.10 Å². The number of ether oxygens (including phenoxy) is 1. The number of halogens is 2. The molecule has 0 spiro atoms. The normalized spacial score (nSPS) is 22.9. The van der Waals surface area contributed by atoms with Crippen LogP contribution in [0.4, 0.5) is 0 Å². The predicted molar refractivity (Wildman–Crippen MR) is 53.1 cm³/mol. The van der Waals surface area contributed by atoms with Gasteiger partial charge in [0, 0.05) is 0 Å². The van der Waals surface area contributed by atoms with Crippen LogP contribution in [0.5, 0.6) is 0 Å². The first-order valence-electron chi connectivity index (χ1n) is 3.44. The van der Waals surface area contributed by atoms with Crippen LogP contribution >= 0.6 is 31.9 Å². The molecule has 1 amide bonds. The Morgan fingerprint density at radius 1 is 1.64 bits per heavy atom. The van der Waals surface area contributed by atoms with Crippen LogP contribution in [0.25, 0.3) is 0 Å². The van der Waals surface area contributed by atoms with E-state index in [4.69, 9.17) is 15.7 Å². The number of cyclic esters (lactones) is 1. The molecule has 1 rings (SSSR count). The van der Waals surface area contributed by atoms with E-state index in [2.05, 4.69) is 31.9 Å². The van der Waals surface area contributed by atoms with Crippen LogP contribution in [0.2, 0.25) is 0 Å². The highest BCUT2D eigenvalue weighted by atomic mass is 79.9. The highest BCUT2D eigenvalue weighted by Gasteiger charge is 2.39. The maximum atomic E-state index is 11.0. The Hall–Kier alpha value is -0.870. The highest BCUT2D eigenvalue weighted by molar-refractivity contribution is 9.14. The van der Waals surface area contributed by atoms with Crippen molar-refractivity contribution in [1.29, 1.82) is 5.26 Å². The van der Waals surface area contributed by atoms with E-state index in [0.29, 0.717) is 4.48 Å². The molecular formula is C7H4Br2N2O3. The third kappa shape index (κ3) is 1.81.